The van der Waals surface area contributed by atoms with Gasteiger partial charge in [-0.25, -0.2) is 14.5 Å². The SMILES string of the molecule is Cc1nc(C(=O)O)nn1-c1ccc(Cl)cc1Cl.Cl.Cl. The first-order valence-electron chi connectivity index (χ1n) is 4.61. The third-order valence-corrected chi connectivity index (χ3v) is 2.64. The van der Waals surface area contributed by atoms with Crippen LogP contribution in [0.15, 0.2) is 18.2 Å². The van der Waals surface area contributed by atoms with Gasteiger partial charge >= 0.3 is 5.97 Å². The maximum atomic E-state index is 10.7. The van der Waals surface area contributed by atoms with Crippen molar-refractivity contribution in [2.75, 3.05) is 0 Å². The summed E-state index contributed by atoms with van der Waals surface area (Å²) >= 11 is 11.8. The first-order valence-corrected chi connectivity index (χ1v) is 5.37. The highest BCUT2D eigenvalue weighted by molar-refractivity contribution is 6.35. The second-order valence-corrected chi connectivity index (χ2v) is 4.14. The quantitative estimate of drug-likeness (QED) is 0.906. The summed E-state index contributed by atoms with van der Waals surface area (Å²) in [5.74, 6) is -1.02. The highest BCUT2D eigenvalue weighted by Crippen LogP contribution is 2.24. The van der Waals surface area contributed by atoms with Crippen LogP contribution in [0.3, 0.4) is 0 Å². The van der Waals surface area contributed by atoms with Crippen LogP contribution >= 0.6 is 48.0 Å². The van der Waals surface area contributed by atoms with E-state index in [0.717, 1.165) is 0 Å². The van der Waals surface area contributed by atoms with Gasteiger partial charge in [-0.3, -0.25) is 0 Å². The van der Waals surface area contributed by atoms with Crippen molar-refractivity contribution in [2.24, 2.45) is 0 Å². The number of carboxylic acid groups (broad SMARTS) is 1. The summed E-state index contributed by atoms with van der Waals surface area (Å²) < 4.78 is 1.36. The Labute approximate surface area is 131 Å². The summed E-state index contributed by atoms with van der Waals surface area (Å²) in [5.41, 5.74) is 0.536. The molecule has 104 valence electrons. The van der Waals surface area contributed by atoms with Gasteiger partial charge in [0.15, 0.2) is 0 Å². The largest absolute Gasteiger partial charge is 0.475 e. The van der Waals surface area contributed by atoms with Gasteiger partial charge in [0.1, 0.15) is 5.82 Å². The number of hydrogen-bond donors (Lipinski definition) is 1. The predicted molar refractivity (Wildman–Crippen MR) is 77.6 cm³/mol. The van der Waals surface area contributed by atoms with Crippen LogP contribution in [0.4, 0.5) is 0 Å². The van der Waals surface area contributed by atoms with Crippen molar-refractivity contribution in [1.29, 1.82) is 0 Å². The fraction of sp³-hybridized carbons (Fsp3) is 0.100. The second-order valence-electron chi connectivity index (χ2n) is 3.30. The Hall–Kier alpha value is -1.01. The van der Waals surface area contributed by atoms with E-state index >= 15 is 0 Å². The zero-order chi connectivity index (χ0) is 12.6. The van der Waals surface area contributed by atoms with Gasteiger partial charge in [-0.05, 0) is 25.1 Å². The number of halogens is 4. The summed E-state index contributed by atoms with van der Waals surface area (Å²) in [6.07, 6.45) is 0. The van der Waals surface area contributed by atoms with Gasteiger partial charge in [-0.15, -0.1) is 29.9 Å². The van der Waals surface area contributed by atoms with Gasteiger partial charge in [-0.2, -0.15) is 0 Å². The zero-order valence-electron chi connectivity index (χ0n) is 9.50. The molecule has 0 bridgehead atoms. The van der Waals surface area contributed by atoms with E-state index in [1.165, 1.54) is 4.68 Å². The molecule has 2 rings (SSSR count). The summed E-state index contributed by atoms with van der Waals surface area (Å²) in [6, 6.07) is 4.85. The van der Waals surface area contributed by atoms with Crippen LogP contribution in [0.1, 0.15) is 16.4 Å². The number of aryl methyl sites for hydroxylation is 1. The van der Waals surface area contributed by atoms with E-state index in [2.05, 4.69) is 10.1 Å². The Morgan fingerprint density at radius 2 is 1.95 bits per heavy atom. The van der Waals surface area contributed by atoms with Crippen LogP contribution in [0.5, 0.6) is 0 Å². The van der Waals surface area contributed by atoms with Crippen LogP contribution in [0.25, 0.3) is 5.69 Å². The maximum Gasteiger partial charge on any atom is 0.375 e. The number of aromatic nitrogens is 3. The van der Waals surface area contributed by atoms with Crippen molar-refractivity contribution in [3.63, 3.8) is 0 Å². The van der Waals surface area contributed by atoms with Gasteiger partial charge < -0.3 is 5.11 Å². The second kappa shape index (κ2) is 6.96. The standard InChI is InChI=1S/C10H7Cl2N3O2.2ClH/c1-5-13-9(10(16)17)14-15(5)8-3-2-6(11)4-7(8)12;;/h2-4H,1H3,(H,16,17);2*1H. The molecular weight excluding hydrogens is 336 g/mol. The molecule has 0 spiro atoms. The fourth-order valence-corrected chi connectivity index (χ4v) is 1.85. The smallest absolute Gasteiger partial charge is 0.375 e. The molecule has 1 heterocycles. The molecule has 0 saturated carbocycles. The van der Waals surface area contributed by atoms with Gasteiger partial charge in [0.25, 0.3) is 5.82 Å². The average Bonchev–Trinajstić information content (AvgIpc) is 2.61. The van der Waals surface area contributed by atoms with E-state index in [1.807, 2.05) is 0 Å². The molecular formula is C10H9Cl4N3O2. The van der Waals surface area contributed by atoms with E-state index in [-0.39, 0.29) is 30.6 Å². The molecule has 2 aromatic rings. The van der Waals surface area contributed by atoms with Gasteiger partial charge in [0, 0.05) is 5.02 Å². The van der Waals surface area contributed by atoms with E-state index < -0.39 is 5.97 Å². The molecule has 1 N–H and O–H groups in total. The molecule has 0 aliphatic rings. The lowest BCUT2D eigenvalue weighted by atomic mass is 10.3. The molecule has 5 nitrogen and oxygen atoms in total. The average molecular weight is 345 g/mol. The van der Waals surface area contributed by atoms with E-state index in [0.29, 0.717) is 21.6 Å². The lowest BCUT2D eigenvalue weighted by molar-refractivity contribution is 0.0683. The predicted octanol–water partition coefficient (Wildman–Crippen LogP) is 3.42. The van der Waals surface area contributed by atoms with Crippen molar-refractivity contribution >= 4 is 54.0 Å². The number of hydrogen-bond acceptors (Lipinski definition) is 3. The lowest BCUT2D eigenvalue weighted by Gasteiger charge is -2.05. The number of carbonyl (C=O) groups is 1. The molecule has 0 radical (unpaired) electrons. The van der Waals surface area contributed by atoms with Crippen molar-refractivity contribution in [3.8, 4) is 5.69 Å². The van der Waals surface area contributed by atoms with Crippen molar-refractivity contribution in [3.05, 3.63) is 39.9 Å². The number of carboxylic acids is 1. The molecule has 0 atom stereocenters. The topological polar surface area (TPSA) is 68.0 Å². The first kappa shape index (κ1) is 18.0. The molecule has 9 heteroatoms. The van der Waals surface area contributed by atoms with Crippen LogP contribution in [-0.2, 0) is 0 Å². The molecule has 0 aliphatic heterocycles. The van der Waals surface area contributed by atoms with E-state index in [9.17, 15) is 4.79 Å². The minimum absolute atomic E-state index is 0. The number of rotatable bonds is 2. The minimum Gasteiger partial charge on any atom is -0.475 e. The van der Waals surface area contributed by atoms with E-state index in [1.54, 1.807) is 25.1 Å². The summed E-state index contributed by atoms with van der Waals surface area (Å²) in [7, 11) is 0. The molecule has 1 aromatic heterocycles. The summed E-state index contributed by atoms with van der Waals surface area (Å²) in [5, 5.41) is 13.5. The molecule has 0 saturated heterocycles. The maximum absolute atomic E-state index is 10.7. The third-order valence-electron chi connectivity index (χ3n) is 2.10. The Balaban J connectivity index is 0.00000162. The summed E-state index contributed by atoms with van der Waals surface area (Å²) in [6.45, 7) is 1.64. The molecule has 19 heavy (non-hydrogen) atoms. The molecule has 1 aromatic carbocycles. The summed E-state index contributed by atoms with van der Waals surface area (Å²) in [4.78, 5) is 14.6. The van der Waals surface area contributed by atoms with Gasteiger partial charge in [0.2, 0.25) is 0 Å². The Bertz CT molecular complexity index is 600. The van der Waals surface area contributed by atoms with Crippen LogP contribution in [0, 0.1) is 6.92 Å². The highest BCUT2D eigenvalue weighted by atomic mass is 35.5. The molecule has 0 fully saturated rings. The monoisotopic (exact) mass is 343 g/mol. The van der Waals surface area contributed by atoms with Crippen molar-refractivity contribution in [1.82, 2.24) is 14.8 Å². The number of benzene rings is 1. The highest BCUT2D eigenvalue weighted by Gasteiger charge is 2.15. The third kappa shape index (κ3) is 3.73. The lowest BCUT2D eigenvalue weighted by Crippen LogP contribution is -2.02. The van der Waals surface area contributed by atoms with Gasteiger partial charge in [0.05, 0.1) is 10.7 Å². The molecule has 0 unspecified atom stereocenters. The molecule has 0 aliphatic carbocycles. The van der Waals surface area contributed by atoms with Gasteiger partial charge in [-0.1, -0.05) is 23.2 Å². The number of nitrogens with zero attached hydrogens (tertiary/aromatic N) is 3. The molecule has 0 amide bonds. The van der Waals surface area contributed by atoms with E-state index in [4.69, 9.17) is 28.3 Å². The van der Waals surface area contributed by atoms with Crippen LogP contribution in [-0.4, -0.2) is 25.8 Å². The van der Waals surface area contributed by atoms with Crippen molar-refractivity contribution in [2.45, 2.75) is 6.92 Å². The normalized spacial score (nSPS) is 9.42. The Kier molecular flexibility index (Phi) is 6.59. The fourth-order valence-electron chi connectivity index (χ4n) is 1.36. The van der Waals surface area contributed by atoms with Crippen LogP contribution in [0.2, 0.25) is 10.0 Å². The Morgan fingerprint density at radius 3 is 2.42 bits per heavy atom. The Morgan fingerprint density at radius 1 is 1.32 bits per heavy atom. The van der Waals surface area contributed by atoms with Crippen molar-refractivity contribution < 1.29 is 9.90 Å². The van der Waals surface area contributed by atoms with Crippen LogP contribution < -0.4 is 0 Å². The number of aromatic carboxylic acids is 1. The first-order chi connectivity index (χ1) is 7.99. The zero-order valence-corrected chi connectivity index (χ0v) is 12.6. The minimum atomic E-state index is -1.18.